The molecular formula is C15H21ClN2O3. The summed E-state index contributed by atoms with van der Waals surface area (Å²) in [6, 6.07) is 1.74. The highest BCUT2D eigenvalue weighted by Crippen LogP contribution is 2.19. The summed E-state index contributed by atoms with van der Waals surface area (Å²) in [4.78, 5) is 27.5. The number of nitrogens with one attached hydrogen (secondary N) is 1. The van der Waals surface area contributed by atoms with E-state index < -0.39 is 5.97 Å². The Morgan fingerprint density at radius 2 is 2.05 bits per heavy atom. The summed E-state index contributed by atoms with van der Waals surface area (Å²) in [7, 11) is 0. The van der Waals surface area contributed by atoms with Gasteiger partial charge in [0.05, 0.1) is 5.56 Å². The molecule has 0 saturated heterocycles. The van der Waals surface area contributed by atoms with Gasteiger partial charge in [-0.05, 0) is 37.8 Å². The highest BCUT2D eigenvalue weighted by atomic mass is 35.5. The minimum atomic E-state index is -0.635. The molecule has 6 heteroatoms. The van der Waals surface area contributed by atoms with Crippen LogP contribution in [0.1, 0.15) is 41.9 Å². The molecule has 116 valence electrons. The summed E-state index contributed by atoms with van der Waals surface area (Å²) in [5.74, 6) is -0.449. The van der Waals surface area contributed by atoms with Crippen LogP contribution in [0.4, 0.5) is 0 Å². The number of aryl methyl sites for hydroxylation is 2. The topological polar surface area (TPSA) is 68.3 Å². The largest absolute Gasteiger partial charge is 0.452 e. The van der Waals surface area contributed by atoms with E-state index in [4.69, 9.17) is 16.3 Å². The number of nitrogens with zero attached hydrogens (tertiary/aromatic N) is 1. The van der Waals surface area contributed by atoms with Crippen molar-refractivity contribution in [3.63, 3.8) is 0 Å². The first-order chi connectivity index (χ1) is 9.81. The predicted molar refractivity (Wildman–Crippen MR) is 81.5 cm³/mol. The van der Waals surface area contributed by atoms with E-state index in [2.05, 4.69) is 24.1 Å². The van der Waals surface area contributed by atoms with E-state index in [0.29, 0.717) is 18.0 Å². The van der Waals surface area contributed by atoms with Gasteiger partial charge in [-0.25, -0.2) is 9.78 Å². The Morgan fingerprint density at radius 1 is 1.38 bits per heavy atom. The smallest absolute Gasteiger partial charge is 0.342 e. The van der Waals surface area contributed by atoms with Gasteiger partial charge in [-0.15, -0.1) is 0 Å². The lowest BCUT2D eigenvalue weighted by molar-refractivity contribution is -0.124. The van der Waals surface area contributed by atoms with Crippen molar-refractivity contribution in [1.29, 1.82) is 0 Å². The van der Waals surface area contributed by atoms with Gasteiger partial charge >= 0.3 is 5.97 Å². The Labute approximate surface area is 130 Å². The Balaban J connectivity index is 2.53. The van der Waals surface area contributed by atoms with Crippen molar-refractivity contribution in [1.82, 2.24) is 10.3 Å². The molecule has 0 aliphatic rings. The standard InChI is InChI=1S/C15H21ClN2O3/c1-9(2)5-6-17-12(19)8-21-15(20)13-10(3)7-11(4)18-14(13)16/h7,9H,5-6,8H2,1-4H3,(H,17,19). The maximum atomic E-state index is 12.0. The summed E-state index contributed by atoms with van der Waals surface area (Å²) in [5.41, 5.74) is 1.61. The molecule has 1 amide bonds. The van der Waals surface area contributed by atoms with Crippen molar-refractivity contribution in [2.75, 3.05) is 13.2 Å². The van der Waals surface area contributed by atoms with Crippen molar-refractivity contribution in [3.8, 4) is 0 Å². The van der Waals surface area contributed by atoms with Gasteiger partial charge in [0.25, 0.3) is 5.91 Å². The van der Waals surface area contributed by atoms with Crippen LogP contribution >= 0.6 is 11.6 Å². The van der Waals surface area contributed by atoms with Crippen LogP contribution in [0.2, 0.25) is 5.15 Å². The molecule has 1 rings (SSSR count). The summed E-state index contributed by atoms with van der Waals surface area (Å²) < 4.78 is 4.97. The normalized spacial score (nSPS) is 10.6. The lowest BCUT2D eigenvalue weighted by Gasteiger charge is -2.10. The average Bonchev–Trinajstić information content (AvgIpc) is 2.34. The maximum Gasteiger partial charge on any atom is 0.342 e. The summed E-state index contributed by atoms with van der Waals surface area (Å²) in [6.07, 6.45) is 0.881. The van der Waals surface area contributed by atoms with Gasteiger partial charge in [0.2, 0.25) is 0 Å². The highest BCUT2D eigenvalue weighted by Gasteiger charge is 2.18. The van der Waals surface area contributed by atoms with E-state index in [-0.39, 0.29) is 23.2 Å². The van der Waals surface area contributed by atoms with Crippen LogP contribution in [0.15, 0.2) is 6.07 Å². The fraction of sp³-hybridized carbons (Fsp3) is 0.533. The van der Waals surface area contributed by atoms with E-state index in [1.165, 1.54) is 0 Å². The quantitative estimate of drug-likeness (QED) is 0.647. The van der Waals surface area contributed by atoms with Crippen LogP contribution in [0.3, 0.4) is 0 Å². The lowest BCUT2D eigenvalue weighted by Crippen LogP contribution is -2.30. The van der Waals surface area contributed by atoms with Gasteiger partial charge in [-0.1, -0.05) is 25.4 Å². The third-order valence-electron chi connectivity index (χ3n) is 2.88. The zero-order chi connectivity index (χ0) is 16.0. The molecule has 1 aromatic rings. The Bertz CT molecular complexity index is 507. The van der Waals surface area contributed by atoms with Crippen LogP contribution < -0.4 is 5.32 Å². The zero-order valence-electron chi connectivity index (χ0n) is 12.8. The first kappa shape index (κ1) is 17.4. The number of carbonyl (C=O) groups is 2. The third-order valence-corrected chi connectivity index (χ3v) is 3.16. The van der Waals surface area contributed by atoms with Gasteiger partial charge in [0.1, 0.15) is 5.15 Å². The van der Waals surface area contributed by atoms with Gasteiger partial charge in [0.15, 0.2) is 6.61 Å². The van der Waals surface area contributed by atoms with Crippen LogP contribution in [0.25, 0.3) is 0 Å². The molecule has 0 aliphatic carbocycles. The molecule has 0 fully saturated rings. The Kier molecular flexibility index (Phi) is 6.62. The van der Waals surface area contributed by atoms with E-state index in [9.17, 15) is 9.59 Å². The maximum absolute atomic E-state index is 12.0. The minimum Gasteiger partial charge on any atom is -0.452 e. The molecule has 5 nitrogen and oxygen atoms in total. The van der Waals surface area contributed by atoms with Crippen LogP contribution in [0.5, 0.6) is 0 Å². The van der Waals surface area contributed by atoms with Crippen LogP contribution in [-0.2, 0) is 9.53 Å². The number of pyridine rings is 1. The summed E-state index contributed by atoms with van der Waals surface area (Å²) in [5, 5.41) is 2.79. The first-order valence-electron chi connectivity index (χ1n) is 6.88. The number of halogens is 1. The zero-order valence-corrected chi connectivity index (χ0v) is 13.6. The number of esters is 1. The van der Waals surface area contributed by atoms with Crippen molar-refractivity contribution in [3.05, 3.63) is 28.0 Å². The third kappa shape index (κ3) is 5.71. The molecule has 0 unspecified atom stereocenters. The molecule has 1 N–H and O–H groups in total. The number of aromatic nitrogens is 1. The van der Waals surface area contributed by atoms with E-state index in [0.717, 1.165) is 12.1 Å². The predicted octanol–water partition coefficient (Wildman–Crippen LogP) is 2.67. The second-order valence-corrected chi connectivity index (χ2v) is 5.71. The number of hydrogen-bond donors (Lipinski definition) is 1. The van der Waals surface area contributed by atoms with Crippen LogP contribution in [-0.4, -0.2) is 30.0 Å². The fourth-order valence-corrected chi connectivity index (χ4v) is 2.15. The Morgan fingerprint density at radius 3 is 2.62 bits per heavy atom. The van der Waals surface area contributed by atoms with E-state index >= 15 is 0 Å². The van der Waals surface area contributed by atoms with Crippen molar-refractivity contribution >= 4 is 23.5 Å². The van der Waals surface area contributed by atoms with E-state index in [1.807, 2.05) is 0 Å². The summed E-state index contributed by atoms with van der Waals surface area (Å²) in [6.45, 7) is 7.93. The number of ether oxygens (including phenoxy) is 1. The van der Waals surface area contributed by atoms with Crippen molar-refractivity contribution in [2.45, 2.75) is 34.1 Å². The molecule has 0 aromatic carbocycles. The van der Waals surface area contributed by atoms with Gasteiger partial charge in [-0.2, -0.15) is 0 Å². The van der Waals surface area contributed by atoms with Crippen LogP contribution in [0, 0.1) is 19.8 Å². The number of hydrogen-bond acceptors (Lipinski definition) is 4. The molecule has 0 aliphatic heterocycles. The fourth-order valence-electron chi connectivity index (χ4n) is 1.79. The second-order valence-electron chi connectivity index (χ2n) is 5.35. The first-order valence-corrected chi connectivity index (χ1v) is 7.26. The van der Waals surface area contributed by atoms with E-state index in [1.54, 1.807) is 19.9 Å². The Hall–Kier alpha value is -1.62. The second kappa shape index (κ2) is 7.98. The van der Waals surface area contributed by atoms with Gasteiger partial charge in [-0.3, -0.25) is 4.79 Å². The molecule has 21 heavy (non-hydrogen) atoms. The number of rotatable bonds is 6. The molecule has 0 bridgehead atoms. The number of amides is 1. The average molecular weight is 313 g/mol. The SMILES string of the molecule is Cc1cc(C)c(C(=O)OCC(=O)NCCC(C)C)c(Cl)n1. The van der Waals surface area contributed by atoms with Gasteiger partial charge in [0, 0.05) is 12.2 Å². The van der Waals surface area contributed by atoms with Crippen molar-refractivity contribution in [2.24, 2.45) is 5.92 Å². The lowest BCUT2D eigenvalue weighted by atomic mass is 10.1. The minimum absolute atomic E-state index is 0.0951. The molecular weight excluding hydrogens is 292 g/mol. The molecule has 0 radical (unpaired) electrons. The molecule has 1 heterocycles. The molecule has 0 saturated carbocycles. The molecule has 0 spiro atoms. The monoisotopic (exact) mass is 312 g/mol. The molecule has 0 atom stereocenters. The number of carbonyl (C=O) groups excluding carboxylic acids is 2. The molecule has 1 aromatic heterocycles. The van der Waals surface area contributed by atoms with Crippen molar-refractivity contribution < 1.29 is 14.3 Å². The summed E-state index contributed by atoms with van der Waals surface area (Å²) >= 11 is 5.95. The van der Waals surface area contributed by atoms with Gasteiger partial charge < -0.3 is 10.1 Å². The highest BCUT2D eigenvalue weighted by molar-refractivity contribution is 6.32.